The van der Waals surface area contributed by atoms with Crippen molar-refractivity contribution in [2.45, 2.75) is 0 Å². The van der Waals surface area contributed by atoms with E-state index in [0.29, 0.717) is 11.5 Å². The first kappa shape index (κ1) is 21.2. The Morgan fingerprint density at radius 3 is 1.26 bits per heavy atom. The number of para-hydroxylation sites is 2. The zero-order valence-electron chi connectivity index (χ0n) is 12.3. The first-order valence-electron chi connectivity index (χ1n) is 6.33. The van der Waals surface area contributed by atoms with Gasteiger partial charge in [-0.3, -0.25) is 0 Å². The topological polar surface area (TPSA) is 98.7 Å². The summed E-state index contributed by atoms with van der Waals surface area (Å²) in [5.41, 5.74) is 0. The van der Waals surface area contributed by atoms with E-state index in [9.17, 15) is 19.8 Å². The van der Waals surface area contributed by atoms with Crippen LogP contribution in [0.2, 0.25) is 0 Å². The van der Waals surface area contributed by atoms with E-state index in [-0.39, 0.29) is 37.7 Å². The summed E-state index contributed by atoms with van der Waals surface area (Å²) in [4.78, 5) is 19.9. The van der Waals surface area contributed by atoms with Crippen molar-refractivity contribution in [1.29, 1.82) is 0 Å². The number of ether oxygens (including phenoxy) is 2. The van der Waals surface area contributed by atoms with Crippen LogP contribution in [0.25, 0.3) is 0 Å². The van der Waals surface area contributed by atoms with Gasteiger partial charge in [0, 0.05) is 0 Å². The fourth-order valence-corrected chi connectivity index (χ4v) is 1.32. The molecule has 2 aromatic rings. The number of carboxylic acids is 2. The number of hydrogen-bond donors (Lipinski definition) is 0. The minimum absolute atomic E-state index is 0. The number of aliphatic carboxylic acids is 2. The van der Waals surface area contributed by atoms with E-state index < -0.39 is 25.2 Å². The molecule has 0 bridgehead atoms. The maximum Gasteiger partial charge on any atom is 2.00 e. The second-order valence-corrected chi connectivity index (χ2v) is 3.95. The standard InChI is InChI=1S/2C8H8O3.Ca/c2*9-8(10)6-11-7-4-2-1-3-5-7;/h2*1-5H,6H2,(H,9,10);/q;;+2/p-2. The third-order valence-electron chi connectivity index (χ3n) is 2.20. The van der Waals surface area contributed by atoms with Gasteiger partial charge in [-0.2, -0.15) is 0 Å². The average Bonchev–Trinajstić information content (AvgIpc) is 2.53. The molecule has 0 radical (unpaired) electrons. The van der Waals surface area contributed by atoms with Crippen LogP contribution in [0.4, 0.5) is 0 Å². The van der Waals surface area contributed by atoms with Crippen molar-refractivity contribution in [2.24, 2.45) is 0 Å². The molecule has 23 heavy (non-hydrogen) atoms. The van der Waals surface area contributed by atoms with Crippen LogP contribution in [0.5, 0.6) is 11.5 Å². The summed E-state index contributed by atoms with van der Waals surface area (Å²) >= 11 is 0. The Hall–Kier alpha value is -1.76. The summed E-state index contributed by atoms with van der Waals surface area (Å²) in [6.07, 6.45) is 0. The zero-order valence-corrected chi connectivity index (χ0v) is 14.6. The van der Waals surface area contributed by atoms with E-state index >= 15 is 0 Å². The molecule has 2 aromatic carbocycles. The third kappa shape index (κ3) is 11.5. The van der Waals surface area contributed by atoms with Gasteiger partial charge in [0.05, 0.1) is 11.9 Å². The first-order chi connectivity index (χ1) is 10.6. The Labute approximate surface area is 163 Å². The van der Waals surface area contributed by atoms with Gasteiger partial charge in [0.2, 0.25) is 0 Å². The first-order valence-corrected chi connectivity index (χ1v) is 6.33. The molecule has 0 saturated heterocycles. The molecule has 0 aliphatic rings. The number of carbonyl (C=O) groups excluding carboxylic acids is 2. The van der Waals surface area contributed by atoms with Crippen LogP contribution in [0, 0.1) is 0 Å². The van der Waals surface area contributed by atoms with Crippen LogP contribution in [0.1, 0.15) is 0 Å². The Morgan fingerprint density at radius 1 is 0.696 bits per heavy atom. The van der Waals surface area contributed by atoms with Crippen molar-refractivity contribution in [2.75, 3.05) is 13.2 Å². The number of carbonyl (C=O) groups is 2. The van der Waals surface area contributed by atoms with E-state index in [1.807, 2.05) is 12.1 Å². The number of carboxylic acid groups (broad SMARTS) is 2. The molecule has 7 heteroatoms. The normalized spacial score (nSPS) is 8.70. The van der Waals surface area contributed by atoms with Crippen LogP contribution in [-0.4, -0.2) is 62.9 Å². The van der Waals surface area contributed by atoms with Gasteiger partial charge in [-0.25, -0.2) is 0 Å². The minimum atomic E-state index is -1.21. The van der Waals surface area contributed by atoms with Crippen molar-refractivity contribution in [3.05, 3.63) is 60.7 Å². The van der Waals surface area contributed by atoms with Crippen molar-refractivity contribution >= 4 is 49.7 Å². The van der Waals surface area contributed by atoms with Crippen molar-refractivity contribution in [1.82, 2.24) is 0 Å². The maximum absolute atomic E-state index is 9.94. The monoisotopic (exact) mass is 342 g/mol. The summed E-state index contributed by atoms with van der Waals surface area (Å²) in [6, 6.07) is 17.5. The van der Waals surface area contributed by atoms with E-state index in [0.717, 1.165) is 0 Å². The van der Waals surface area contributed by atoms with Crippen LogP contribution in [0.3, 0.4) is 0 Å². The molecule has 0 unspecified atom stereocenters. The second kappa shape index (κ2) is 12.8. The largest absolute Gasteiger partial charge is 2.00 e. The fraction of sp³-hybridized carbons (Fsp3) is 0.125. The molecular formula is C16H14CaO6. The van der Waals surface area contributed by atoms with Crippen molar-refractivity contribution in [3.8, 4) is 11.5 Å². The molecule has 0 saturated carbocycles. The molecular weight excluding hydrogens is 328 g/mol. The van der Waals surface area contributed by atoms with Gasteiger partial charge in [-0.05, 0) is 24.3 Å². The fourth-order valence-electron chi connectivity index (χ4n) is 1.32. The smallest absolute Gasteiger partial charge is 0.546 e. The molecule has 0 fully saturated rings. The van der Waals surface area contributed by atoms with Gasteiger partial charge >= 0.3 is 37.7 Å². The predicted molar refractivity (Wildman–Crippen MR) is 79.6 cm³/mol. The van der Waals surface area contributed by atoms with Gasteiger partial charge in [0.1, 0.15) is 24.7 Å². The minimum Gasteiger partial charge on any atom is -0.546 e. The number of hydrogen-bond acceptors (Lipinski definition) is 6. The molecule has 0 spiro atoms. The molecule has 6 nitrogen and oxygen atoms in total. The van der Waals surface area contributed by atoms with E-state index in [4.69, 9.17) is 9.47 Å². The van der Waals surface area contributed by atoms with Gasteiger partial charge in [0.15, 0.2) is 0 Å². The summed E-state index contributed by atoms with van der Waals surface area (Å²) in [6.45, 7) is -0.798. The molecule has 0 aromatic heterocycles. The number of benzene rings is 2. The van der Waals surface area contributed by atoms with Crippen LogP contribution in [0.15, 0.2) is 60.7 Å². The maximum atomic E-state index is 9.94. The molecule has 0 aliphatic heterocycles. The second-order valence-electron chi connectivity index (χ2n) is 3.95. The molecule has 0 atom stereocenters. The Bertz CT molecular complexity index is 520. The van der Waals surface area contributed by atoms with Gasteiger partial charge in [0.25, 0.3) is 0 Å². The predicted octanol–water partition coefficient (Wildman–Crippen LogP) is -0.750. The Kier molecular flexibility index (Phi) is 11.8. The summed E-state index contributed by atoms with van der Waals surface area (Å²) in [5, 5.41) is 19.9. The summed E-state index contributed by atoms with van der Waals surface area (Å²) in [7, 11) is 0. The summed E-state index contributed by atoms with van der Waals surface area (Å²) < 4.78 is 9.61. The SMILES string of the molecule is O=C([O-])COc1ccccc1.O=C([O-])COc1ccccc1.[Ca+2]. The average molecular weight is 342 g/mol. The van der Waals surface area contributed by atoms with E-state index in [1.54, 1.807) is 48.5 Å². The van der Waals surface area contributed by atoms with E-state index in [1.165, 1.54) is 0 Å². The molecule has 116 valence electrons. The van der Waals surface area contributed by atoms with Crippen LogP contribution in [-0.2, 0) is 9.59 Å². The molecule has 2 rings (SSSR count). The van der Waals surface area contributed by atoms with Gasteiger partial charge in [-0.15, -0.1) is 0 Å². The molecule has 0 amide bonds. The Balaban J connectivity index is 0.000000403. The van der Waals surface area contributed by atoms with Crippen molar-refractivity contribution < 1.29 is 29.3 Å². The molecule has 0 N–H and O–H groups in total. The van der Waals surface area contributed by atoms with Crippen LogP contribution >= 0.6 is 0 Å². The third-order valence-corrected chi connectivity index (χ3v) is 2.20. The molecule has 0 heterocycles. The summed E-state index contributed by atoms with van der Waals surface area (Å²) in [5.74, 6) is -1.35. The van der Waals surface area contributed by atoms with Gasteiger partial charge in [-0.1, -0.05) is 36.4 Å². The molecule has 0 aliphatic carbocycles. The zero-order chi connectivity index (χ0) is 16.2. The van der Waals surface area contributed by atoms with E-state index in [2.05, 4.69) is 0 Å². The quantitative estimate of drug-likeness (QED) is 0.641. The van der Waals surface area contributed by atoms with Crippen molar-refractivity contribution in [3.63, 3.8) is 0 Å². The van der Waals surface area contributed by atoms with Crippen LogP contribution < -0.4 is 19.7 Å². The van der Waals surface area contributed by atoms with Gasteiger partial charge < -0.3 is 29.3 Å². The Morgan fingerprint density at radius 2 is 1.00 bits per heavy atom. The number of rotatable bonds is 6.